The Morgan fingerprint density at radius 3 is 1.95 bits per heavy atom. The van der Waals surface area contributed by atoms with Crippen molar-refractivity contribution in [1.82, 2.24) is 5.32 Å². The summed E-state index contributed by atoms with van der Waals surface area (Å²) in [6, 6.07) is 18.5. The summed E-state index contributed by atoms with van der Waals surface area (Å²) >= 11 is 0. The van der Waals surface area contributed by atoms with Gasteiger partial charge in [-0.3, -0.25) is 14.4 Å². The van der Waals surface area contributed by atoms with Crippen LogP contribution in [0.1, 0.15) is 54.2 Å². The van der Waals surface area contributed by atoms with Crippen LogP contribution in [0.2, 0.25) is 0 Å². The van der Waals surface area contributed by atoms with Gasteiger partial charge in [-0.2, -0.15) is 0 Å². The predicted octanol–water partition coefficient (Wildman–Crippen LogP) is 6.27. The normalized spacial score (nSPS) is 12.0. The molecule has 0 bridgehead atoms. The van der Waals surface area contributed by atoms with E-state index in [0.717, 1.165) is 17.7 Å². The lowest BCUT2D eigenvalue weighted by Gasteiger charge is -2.19. The van der Waals surface area contributed by atoms with Gasteiger partial charge in [0.1, 0.15) is 5.75 Å². The van der Waals surface area contributed by atoms with E-state index in [1.165, 1.54) is 24.3 Å². The number of amides is 2. The molecule has 3 aromatic carbocycles. The molecule has 3 aromatic rings. The van der Waals surface area contributed by atoms with E-state index in [-0.39, 0.29) is 24.0 Å². The van der Waals surface area contributed by atoms with E-state index in [0.29, 0.717) is 22.4 Å². The fourth-order valence-electron chi connectivity index (χ4n) is 3.65. The average Bonchev–Trinajstić information content (AvgIpc) is 2.87. The topological polar surface area (TPSA) is 105 Å². The number of hydrogen-bond donors (Lipinski definition) is 3. The van der Waals surface area contributed by atoms with Crippen molar-refractivity contribution in [3.05, 3.63) is 95.1 Å². The molecule has 0 fully saturated rings. The van der Waals surface area contributed by atoms with Crippen LogP contribution in [0.5, 0.6) is 5.75 Å². The molecule has 3 rings (SSSR count). The molecule has 0 aliphatic carbocycles. The Kier molecular flexibility index (Phi) is 9.36. The monoisotopic (exact) mass is 554 g/mol. The second-order valence-electron chi connectivity index (χ2n) is 9.93. The zero-order valence-electron chi connectivity index (χ0n) is 22.1. The van der Waals surface area contributed by atoms with Crippen LogP contribution >= 0.6 is 0 Å². The third-order valence-electron chi connectivity index (χ3n) is 5.76. The van der Waals surface area contributed by atoms with E-state index in [1.54, 1.807) is 30.3 Å². The Hall–Kier alpha value is -4.60. The van der Waals surface area contributed by atoms with Gasteiger partial charge >= 0.3 is 12.3 Å². The van der Waals surface area contributed by atoms with Gasteiger partial charge in [0.25, 0.3) is 11.8 Å². The Labute approximate surface area is 229 Å². The fourth-order valence-corrected chi connectivity index (χ4v) is 3.65. The molecular formula is C30H29F3N2O5. The zero-order chi connectivity index (χ0) is 29.5. The average molecular weight is 555 g/mol. The molecule has 0 spiro atoms. The first-order valence-electron chi connectivity index (χ1n) is 12.3. The van der Waals surface area contributed by atoms with Crippen LogP contribution in [0, 0.1) is 0 Å². The lowest BCUT2D eigenvalue weighted by molar-refractivity contribution is -0.274. The van der Waals surface area contributed by atoms with Crippen LogP contribution in [-0.2, 0) is 15.0 Å². The molecule has 3 N–H and O–H groups in total. The van der Waals surface area contributed by atoms with Crippen molar-refractivity contribution < 1.29 is 37.4 Å². The summed E-state index contributed by atoms with van der Waals surface area (Å²) in [5, 5.41) is 14.0. The number of halogens is 3. The fraction of sp³-hybridized carbons (Fsp3) is 0.233. The van der Waals surface area contributed by atoms with E-state index in [9.17, 15) is 27.6 Å². The first-order valence-corrected chi connectivity index (χ1v) is 12.3. The number of nitrogens with one attached hydrogen (secondary N) is 2. The van der Waals surface area contributed by atoms with E-state index < -0.39 is 29.9 Å². The molecular weight excluding hydrogens is 525 g/mol. The lowest BCUT2D eigenvalue weighted by atomic mass is 9.87. The van der Waals surface area contributed by atoms with Crippen LogP contribution in [-0.4, -0.2) is 35.8 Å². The largest absolute Gasteiger partial charge is 0.573 e. The molecule has 0 aromatic heterocycles. The summed E-state index contributed by atoms with van der Waals surface area (Å²) in [6.45, 7) is 6.18. The third-order valence-corrected chi connectivity index (χ3v) is 5.76. The molecule has 0 saturated carbocycles. The van der Waals surface area contributed by atoms with Crippen molar-refractivity contribution in [2.45, 2.75) is 39.0 Å². The van der Waals surface area contributed by atoms with Gasteiger partial charge < -0.3 is 20.5 Å². The van der Waals surface area contributed by atoms with Crippen LogP contribution in [0.25, 0.3) is 11.6 Å². The Morgan fingerprint density at radius 1 is 0.850 bits per heavy atom. The van der Waals surface area contributed by atoms with Gasteiger partial charge in [0, 0.05) is 23.4 Å². The number of carboxylic acids is 1. The lowest BCUT2D eigenvalue weighted by Crippen LogP contribution is -2.25. The van der Waals surface area contributed by atoms with E-state index >= 15 is 0 Å². The Balaban J connectivity index is 1.88. The Bertz CT molecular complexity index is 1370. The SMILES string of the molecule is CC(C)(C)c1ccc(NC(=O)C(=Cc2ccc(C(=O)NCCC(=O)O)cc2)c2ccc(OC(F)(F)F)cc2)cc1. The van der Waals surface area contributed by atoms with Crippen molar-refractivity contribution >= 4 is 35.1 Å². The maximum atomic E-state index is 13.4. The standard InChI is InChI=1S/C30H29F3N2O5/c1-29(2,3)22-10-12-23(13-11-22)35-28(39)25(20-8-14-24(15-9-20)40-30(31,32)33)18-19-4-6-21(7-5-19)27(38)34-17-16-26(36)37/h4-15,18H,16-17H2,1-3H3,(H,34,38)(H,35,39)(H,36,37). The third kappa shape index (κ3) is 9.00. The van der Waals surface area contributed by atoms with Gasteiger partial charge in [-0.1, -0.05) is 57.2 Å². The highest BCUT2D eigenvalue weighted by Gasteiger charge is 2.31. The van der Waals surface area contributed by atoms with Gasteiger partial charge in [-0.25, -0.2) is 0 Å². The summed E-state index contributed by atoms with van der Waals surface area (Å²) in [5.41, 5.74) is 2.88. The molecule has 0 aliphatic heterocycles. The predicted molar refractivity (Wildman–Crippen MR) is 146 cm³/mol. The number of alkyl halides is 3. The minimum atomic E-state index is -4.85. The molecule has 210 valence electrons. The number of carbonyl (C=O) groups is 3. The molecule has 10 heteroatoms. The maximum Gasteiger partial charge on any atom is 0.573 e. The number of benzene rings is 3. The molecule has 0 radical (unpaired) electrons. The van der Waals surface area contributed by atoms with Gasteiger partial charge in [-0.15, -0.1) is 13.2 Å². The minimum absolute atomic E-state index is 0.0229. The van der Waals surface area contributed by atoms with Crippen LogP contribution in [0.15, 0.2) is 72.8 Å². The first-order chi connectivity index (χ1) is 18.7. The quantitative estimate of drug-likeness (QED) is 0.214. The van der Waals surface area contributed by atoms with Crippen molar-refractivity contribution in [2.24, 2.45) is 0 Å². The van der Waals surface area contributed by atoms with Crippen LogP contribution in [0.4, 0.5) is 18.9 Å². The molecule has 0 saturated heterocycles. The number of carbonyl (C=O) groups excluding carboxylic acids is 2. The number of hydrogen-bond acceptors (Lipinski definition) is 4. The van der Waals surface area contributed by atoms with Crippen LogP contribution < -0.4 is 15.4 Å². The molecule has 0 heterocycles. The Morgan fingerprint density at radius 2 is 1.43 bits per heavy atom. The number of aliphatic carboxylic acids is 1. The molecule has 0 unspecified atom stereocenters. The zero-order valence-corrected chi connectivity index (χ0v) is 22.1. The smallest absolute Gasteiger partial charge is 0.481 e. The van der Waals surface area contributed by atoms with Crippen molar-refractivity contribution in [1.29, 1.82) is 0 Å². The summed E-state index contributed by atoms with van der Waals surface area (Å²) in [6.07, 6.45) is -3.51. The number of rotatable bonds is 9. The second-order valence-corrected chi connectivity index (χ2v) is 9.93. The summed E-state index contributed by atoms with van der Waals surface area (Å²) in [5.74, 6) is -2.40. The molecule has 40 heavy (non-hydrogen) atoms. The van der Waals surface area contributed by atoms with E-state index in [1.807, 2.05) is 12.1 Å². The molecule has 7 nitrogen and oxygen atoms in total. The van der Waals surface area contributed by atoms with Crippen molar-refractivity contribution in [3.63, 3.8) is 0 Å². The van der Waals surface area contributed by atoms with Crippen molar-refractivity contribution in [2.75, 3.05) is 11.9 Å². The molecule has 0 atom stereocenters. The van der Waals surface area contributed by atoms with E-state index in [4.69, 9.17) is 5.11 Å². The second kappa shape index (κ2) is 12.5. The van der Waals surface area contributed by atoms with E-state index in [2.05, 4.69) is 36.1 Å². The van der Waals surface area contributed by atoms with Crippen LogP contribution in [0.3, 0.4) is 0 Å². The maximum absolute atomic E-state index is 13.4. The minimum Gasteiger partial charge on any atom is -0.481 e. The van der Waals surface area contributed by atoms with Gasteiger partial charge in [0.2, 0.25) is 0 Å². The summed E-state index contributed by atoms with van der Waals surface area (Å²) < 4.78 is 41.7. The highest BCUT2D eigenvalue weighted by atomic mass is 19.4. The number of carboxylic acid groups (broad SMARTS) is 1. The first kappa shape index (κ1) is 29.9. The highest BCUT2D eigenvalue weighted by molar-refractivity contribution is 6.29. The van der Waals surface area contributed by atoms with Gasteiger partial charge in [-0.05, 0) is 64.6 Å². The summed E-state index contributed by atoms with van der Waals surface area (Å²) in [7, 11) is 0. The summed E-state index contributed by atoms with van der Waals surface area (Å²) in [4.78, 5) is 36.2. The molecule has 0 aliphatic rings. The molecule has 2 amide bonds. The number of ether oxygens (including phenoxy) is 1. The van der Waals surface area contributed by atoms with Gasteiger partial charge in [0.05, 0.1) is 6.42 Å². The highest BCUT2D eigenvalue weighted by Crippen LogP contribution is 2.28. The van der Waals surface area contributed by atoms with Gasteiger partial charge in [0.15, 0.2) is 0 Å². The van der Waals surface area contributed by atoms with Crippen molar-refractivity contribution in [3.8, 4) is 5.75 Å². The number of anilines is 1.